The van der Waals surface area contributed by atoms with Crippen molar-refractivity contribution < 1.29 is 4.79 Å². The fourth-order valence-corrected chi connectivity index (χ4v) is 4.67. The highest BCUT2D eigenvalue weighted by Crippen LogP contribution is 2.36. The monoisotopic (exact) mass is 421 g/mol. The first-order valence-corrected chi connectivity index (χ1v) is 10.5. The summed E-state index contributed by atoms with van der Waals surface area (Å²) in [4.78, 5) is 24.2. The molecule has 0 aliphatic rings. The van der Waals surface area contributed by atoms with Gasteiger partial charge in [0.15, 0.2) is 5.13 Å². The summed E-state index contributed by atoms with van der Waals surface area (Å²) in [5, 5.41) is 1.28. The molecule has 0 fully saturated rings. The van der Waals surface area contributed by atoms with Gasteiger partial charge in [-0.05, 0) is 56.2 Å². The van der Waals surface area contributed by atoms with Crippen LogP contribution in [0.4, 0.5) is 5.13 Å². The second-order valence-corrected chi connectivity index (χ2v) is 8.55. The molecule has 4 rings (SSSR count). The summed E-state index contributed by atoms with van der Waals surface area (Å²) in [5.74, 6) is -0.0894. The fraction of sp³-hybridized carbons (Fsp3) is 0.174. The number of benzene rings is 2. The lowest BCUT2D eigenvalue weighted by molar-refractivity contribution is 0.0985. The first-order chi connectivity index (χ1) is 13.9. The Kier molecular flexibility index (Phi) is 5.35. The maximum Gasteiger partial charge on any atom is 0.260 e. The molecule has 0 aliphatic heterocycles. The zero-order valence-corrected chi connectivity index (χ0v) is 18.0. The van der Waals surface area contributed by atoms with Gasteiger partial charge in [-0.2, -0.15) is 0 Å². The number of anilines is 1. The highest BCUT2D eigenvalue weighted by atomic mass is 35.5. The second-order valence-electron chi connectivity index (χ2n) is 7.17. The highest BCUT2D eigenvalue weighted by Gasteiger charge is 2.23. The maximum atomic E-state index is 13.5. The van der Waals surface area contributed by atoms with Crippen molar-refractivity contribution in [1.82, 2.24) is 9.97 Å². The van der Waals surface area contributed by atoms with Gasteiger partial charge >= 0.3 is 0 Å². The molecule has 0 saturated heterocycles. The molecule has 146 valence electrons. The molecular formula is C23H20ClN3OS. The summed E-state index contributed by atoms with van der Waals surface area (Å²) in [6, 6.07) is 13.5. The number of pyridine rings is 1. The van der Waals surface area contributed by atoms with Crippen LogP contribution in [0.5, 0.6) is 0 Å². The van der Waals surface area contributed by atoms with Crippen LogP contribution >= 0.6 is 22.9 Å². The summed E-state index contributed by atoms with van der Waals surface area (Å²) in [5.41, 5.74) is 5.56. The predicted molar refractivity (Wildman–Crippen MR) is 120 cm³/mol. The van der Waals surface area contributed by atoms with Gasteiger partial charge in [-0.25, -0.2) is 4.98 Å². The molecule has 2 heterocycles. The first-order valence-electron chi connectivity index (χ1n) is 9.27. The number of carbonyl (C=O) groups is 1. The molecule has 0 bridgehead atoms. The van der Waals surface area contributed by atoms with E-state index in [9.17, 15) is 4.79 Å². The van der Waals surface area contributed by atoms with E-state index >= 15 is 0 Å². The summed E-state index contributed by atoms with van der Waals surface area (Å²) in [6.07, 6.45) is 3.49. The summed E-state index contributed by atoms with van der Waals surface area (Å²) >= 11 is 7.84. The van der Waals surface area contributed by atoms with Crippen molar-refractivity contribution in [2.75, 3.05) is 4.90 Å². The predicted octanol–water partition coefficient (Wildman–Crippen LogP) is 6.12. The molecule has 4 nitrogen and oxygen atoms in total. The van der Waals surface area contributed by atoms with Crippen LogP contribution < -0.4 is 4.90 Å². The Morgan fingerprint density at radius 3 is 2.52 bits per heavy atom. The van der Waals surface area contributed by atoms with Crippen LogP contribution in [0.1, 0.15) is 32.6 Å². The van der Waals surface area contributed by atoms with Crippen molar-refractivity contribution in [1.29, 1.82) is 0 Å². The van der Waals surface area contributed by atoms with Crippen LogP contribution in [0.25, 0.3) is 10.2 Å². The van der Waals surface area contributed by atoms with Crippen molar-refractivity contribution in [2.45, 2.75) is 27.3 Å². The lowest BCUT2D eigenvalue weighted by atomic mass is 10.1. The van der Waals surface area contributed by atoms with Crippen molar-refractivity contribution in [2.24, 2.45) is 0 Å². The SMILES string of the molecule is Cc1cc(C)cc(C(=O)N(Cc2cccnc2)c2nc3c(C)ccc(Cl)c3s2)c1. The number of rotatable bonds is 4. The summed E-state index contributed by atoms with van der Waals surface area (Å²) in [7, 11) is 0. The number of halogens is 1. The Balaban J connectivity index is 1.83. The van der Waals surface area contributed by atoms with Gasteiger partial charge in [-0.15, -0.1) is 0 Å². The zero-order valence-electron chi connectivity index (χ0n) is 16.4. The highest BCUT2D eigenvalue weighted by molar-refractivity contribution is 7.23. The number of thiazole rings is 1. The molecule has 0 atom stereocenters. The Bertz CT molecular complexity index is 1140. The van der Waals surface area contributed by atoms with Crippen molar-refractivity contribution >= 4 is 44.2 Å². The van der Waals surface area contributed by atoms with Gasteiger partial charge < -0.3 is 0 Å². The maximum absolute atomic E-state index is 13.5. The van der Waals surface area contributed by atoms with E-state index in [0.29, 0.717) is 22.3 Å². The van der Waals surface area contributed by atoms with Crippen LogP contribution in [0.2, 0.25) is 5.02 Å². The van der Waals surface area contributed by atoms with E-state index in [4.69, 9.17) is 16.6 Å². The molecule has 0 N–H and O–H groups in total. The van der Waals surface area contributed by atoms with Crippen LogP contribution in [0, 0.1) is 20.8 Å². The number of nitrogens with zero attached hydrogens (tertiary/aromatic N) is 3. The van der Waals surface area contributed by atoms with E-state index in [0.717, 1.165) is 32.5 Å². The van der Waals surface area contributed by atoms with Crippen LogP contribution in [0.3, 0.4) is 0 Å². The molecule has 1 amide bonds. The van der Waals surface area contributed by atoms with E-state index in [2.05, 4.69) is 11.1 Å². The van der Waals surface area contributed by atoms with Gasteiger partial charge in [0.05, 0.1) is 21.8 Å². The minimum atomic E-state index is -0.0894. The van der Waals surface area contributed by atoms with Crippen molar-refractivity contribution in [3.05, 3.63) is 87.7 Å². The smallest absolute Gasteiger partial charge is 0.260 e. The number of hydrogen-bond acceptors (Lipinski definition) is 4. The molecular weight excluding hydrogens is 402 g/mol. The Morgan fingerprint density at radius 2 is 1.86 bits per heavy atom. The minimum absolute atomic E-state index is 0.0894. The Morgan fingerprint density at radius 1 is 1.10 bits per heavy atom. The van der Waals surface area contributed by atoms with Gasteiger partial charge in [0.2, 0.25) is 0 Å². The van der Waals surface area contributed by atoms with Gasteiger partial charge in [0.25, 0.3) is 5.91 Å². The van der Waals surface area contributed by atoms with E-state index in [1.807, 2.05) is 57.2 Å². The van der Waals surface area contributed by atoms with Crippen LogP contribution in [-0.4, -0.2) is 15.9 Å². The molecule has 0 aliphatic carbocycles. The lowest BCUT2D eigenvalue weighted by Crippen LogP contribution is -2.30. The average molecular weight is 422 g/mol. The molecule has 0 spiro atoms. The van der Waals surface area contributed by atoms with E-state index in [-0.39, 0.29) is 5.91 Å². The van der Waals surface area contributed by atoms with Crippen LogP contribution in [-0.2, 0) is 6.54 Å². The average Bonchev–Trinajstić information content (AvgIpc) is 3.15. The summed E-state index contributed by atoms with van der Waals surface area (Å²) in [6.45, 7) is 6.38. The van der Waals surface area contributed by atoms with Gasteiger partial charge in [0.1, 0.15) is 0 Å². The molecule has 0 radical (unpaired) electrons. The van der Waals surface area contributed by atoms with E-state index in [1.165, 1.54) is 11.3 Å². The fourth-order valence-electron chi connectivity index (χ4n) is 3.36. The Hall–Kier alpha value is -2.76. The number of hydrogen-bond donors (Lipinski definition) is 0. The van der Waals surface area contributed by atoms with Gasteiger partial charge in [-0.3, -0.25) is 14.7 Å². The standard InChI is InChI=1S/C23H20ClN3OS/c1-14-9-15(2)11-18(10-14)22(28)27(13-17-5-4-8-25-12-17)23-26-20-16(3)6-7-19(24)21(20)29-23/h4-12H,13H2,1-3H3. The quantitative estimate of drug-likeness (QED) is 0.399. The topological polar surface area (TPSA) is 46.1 Å². The third-order valence-electron chi connectivity index (χ3n) is 4.69. The van der Waals surface area contributed by atoms with Gasteiger partial charge in [-0.1, -0.05) is 52.3 Å². The Labute approximate surface area is 178 Å². The molecule has 4 aromatic rings. The number of amides is 1. The molecule has 6 heteroatoms. The normalized spacial score (nSPS) is 11.0. The van der Waals surface area contributed by atoms with Crippen molar-refractivity contribution in [3.63, 3.8) is 0 Å². The second kappa shape index (κ2) is 7.93. The summed E-state index contributed by atoms with van der Waals surface area (Å²) < 4.78 is 0.895. The number of fused-ring (bicyclic) bond motifs is 1. The molecule has 0 saturated carbocycles. The first kappa shape index (κ1) is 19.6. The van der Waals surface area contributed by atoms with E-state index < -0.39 is 0 Å². The number of aromatic nitrogens is 2. The molecule has 2 aromatic carbocycles. The van der Waals surface area contributed by atoms with Gasteiger partial charge in [0, 0.05) is 18.0 Å². The third kappa shape index (κ3) is 4.02. The van der Waals surface area contributed by atoms with Crippen LogP contribution in [0.15, 0.2) is 54.9 Å². The minimum Gasteiger partial charge on any atom is -0.279 e. The number of aryl methyl sites for hydroxylation is 3. The molecule has 2 aromatic heterocycles. The number of carbonyl (C=O) groups excluding carboxylic acids is 1. The zero-order chi connectivity index (χ0) is 20.5. The van der Waals surface area contributed by atoms with Crippen molar-refractivity contribution in [3.8, 4) is 0 Å². The molecule has 29 heavy (non-hydrogen) atoms. The molecule has 0 unspecified atom stereocenters. The third-order valence-corrected chi connectivity index (χ3v) is 6.23. The largest absolute Gasteiger partial charge is 0.279 e. The van der Waals surface area contributed by atoms with E-state index in [1.54, 1.807) is 17.3 Å². The lowest BCUT2D eigenvalue weighted by Gasteiger charge is -2.20.